The molecule has 8 heteroatoms. The first-order valence-corrected chi connectivity index (χ1v) is 9.09. The molecule has 144 valence electrons. The van der Waals surface area contributed by atoms with Gasteiger partial charge in [-0.15, -0.1) is 0 Å². The normalized spacial score (nSPS) is 11.6. The molecule has 0 aliphatic heterocycles. The van der Waals surface area contributed by atoms with Gasteiger partial charge in [0.15, 0.2) is 0 Å². The second-order valence-electron chi connectivity index (χ2n) is 6.41. The van der Waals surface area contributed by atoms with Crippen LogP contribution < -0.4 is 10.6 Å². The van der Waals surface area contributed by atoms with E-state index in [1.807, 2.05) is 30.3 Å². The fourth-order valence-electron chi connectivity index (χ4n) is 2.54. The van der Waals surface area contributed by atoms with E-state index in [9.17, 15) is 10.1 Å². The molecule has 0 fully saturated rings. The highest BCUT2D eigenvalue weighted by atomic mass is 16.6. The van der Waals surface area contributed by atoms with E-state index in [1.54, 1.807) is 18.3 Å². The van der Waals surface area contributed by atoms with Crippen LogP contribution in [0.1, 0.15) is 25.8 Å². The van der Waals surface area contributed by atoms with Crippen molar-refractivity contribution in [2.75, 3.05) is 10.6 Å². The Morgan fingerprint density at radius 1 is 1.11 bits per heavy atom. The SMILES string of the molecule is CC[C@H](C)Nc1nc(NCc2cccc([N+](=O)[O-])c2)cc(-c2ccccn2)n1. The van der Waals surface area contributed by atoms with Crippen LogP contribution >= 0.6 is 0 Å². The van der Waals surface area contributed by atoms with Gasteiger partial charge in [-0.05, 0) is 31.0 Å². The third-order valence-electron chi connectivity index (χ3n) is 4.24. The van der Waals surface area contributed by atoms with Gasteiger partial charge in [0.05, 0.1) is 16.3 Å². The van der Waals surface area contributed by atoms with Gasteiger partial charge in [-0.25, -0.2) is 4.98 Å². The van der Waals surface area contributed by atoms with Gasteiger partial charge < -0.3 is 10.6 Å². The highest BCUT2D eigenvalue weighted by molar-refractivity contribution is 5.61. The van der Waals surface area contributed by atoms with Crippen LogP contribution in [0.4, 0.5) is 17.5 Å². The number of hydrogen-bond donors (Lipinski definition) is 2. The van der Waals surface area contributed by atoms with Crippen LogP contribution in [0.25, 0.3) is 11.4 Å². The van der Waals surface area contributed by atoms with Crippen LogP contribution in [-0.2, 0) is 6.54 Å². The molecule has 3 aromatic rings. The first-order chi connectivity index (χ1) is 13.5. The van der Waals surface area contributed by atoms with Crippen molar-refractivity contribution in [3.63, 3.8) is 0 Å². The molecule has 1 aromatic carbocycles. The summed E-state index contributed by atoms with van der Waals surface area (Å²) in [4.78, 5) is 24.0. The average Bonchev–Trinajstić information content (AvgIpc) is 2.73. The molecule has 2 heterocycles. The summed E-state index contributed by atoms with van der Waals surface area (Å²) in [5.41, 5.74) is 2.30. The molecule has 0 bridgehead atoms. The molecule has 0 saturated heterocycles. The Balaban J connectivity index is 1.85. The zero-order chi connectivity index (χ0) is 19.9. The van der Waals surface area contributed by atoms with Crippen LogP contribution in [0.15, 0.2) is 54.7 Å². The van der Waals surface area contributed by atoms with E-state index in [0.717, 1.165) is 17.7 Å². The van der Waals surface area contributed by atoms with Crippen molar-refractivity contribution in [2.24, 2.45) is 0 Å². The van der Waals surface area contributed by atoms with Crippen molar-refractivity contribution < 1.29 is 4.92 Å². The number of nitro benzene ring substituents is 1. The van der Waals surface area contributed by atoms with E-state index in [4.69, 9.17) is 0 Å². The van der Waals surface area contributed by atoms with Gasteiger partial charge in [0.25, 0.3) is 5.69 Å². The number of nitro groups is 1. The summed E-state index contributed by atoms with van der Waals surface area (Å²) in [6.07, 6.45) is 2.66. The summed E-state index contributed by atoms with van der Waals surface area (Å²) in [5, 5.41) is 17.5. The van der Waals surface area contributed by atoms with Gasteiger partial charge >= 0.3 is 0 Å². The topological polar surface area (TPSA) is 106 Å². The summed E-state index contributed by atoms with van der Waals surface area (Å²) in [7, 11) is 0. The van der Waals surface area contributed by atoms with E-state index >= 15 is 0 Å². The summed E-state index contributed by atoms with van der Waals surface area (Å²) in [6, 6.07) is 14.2. The molecule has 2 aromatic heterocycles. The fourth-order valence-corrected chi connectivity index (χ4v) is 2.54. The number of non-ortho nitro benzene ring substituents is 1. The van der Waals surface area contributed by atoms with Gasteiger partial charge in [0.2, 0.25) is 5.95 Å². The first kappa shape index (κ1) is 19.2. The molecule has 0 aliphatic rings. The third-order valence-corrected chi connectivity index (χ3v) is 4.24. The molecule has 28 heavy (non-hydrogen) atoms. The maximum Gasteiger partial charge on any atom is 0.269 e. The monoisotopic (exact) mass is 378 g/mol. The minimum Gasteiger partial charge on any atom is -0.366 e. The van der Waals surface area contributed by atoms with Crippen molar-refractivity contribution in [3.8, 4) is 11.4 Å². The van der Waals surface area contributed by atoms with Crippen LogP contribution in [0, 0.1) is 10.1 Å². The molecule has 0 spiro atoms. The van der Waals surface area contributed by atoms with Gasteiger partial charge in [0, 0.05) is 37.0 Å². The lowest BCUT2D eigenvalue weighted by Gasteiger charge is -2.14. The molecule has 0 amide bonds. The van der Waals surface area contributed by atoms with Crippen LogP contribution in [0.2, 0.25) is 0 Å². The van der Waals surface area contributed by atoms with Crippen molar-refractivity contribution in [3.05, 3.63) is 70.4 Å². The predicted molar refractivity (Wildman–Crippen MR) is 109 cm³/mol. The number of aromatic nitrogens is 3. The lowest BCUT2D eigenvalue weighted by Crippen LogP contribution is -2.16. The van der Waals surface area contributed by atoms with Gasteiger partial charge in [-0.2, -0.15) is 4.98 Å². The largest absolute Gasteiger partial charge is 0.366 e. The zero-order valence-electron chi connectivity index (χ0n) is 15.8. The van der Waals surface area contributed by atoms with E-state index < -0.39 is 4.92 Å². The number of benzene rings is 1. The van der Waals surface area contributed by atoms with E-state index in [-0.39, 0.29) is 11.7 Å². The number of pyridine rings is 1. The number of hydrogen-bond acceptors (Lipinski definition) is 7. The number of rotatable bonds is 8. The lowest BCUT2D eigenvalue weighted by molar-refractivity contribution is -0.384. The Morgan fingerprint density at radius 3 is 2.68 bits per heavy atom. The fraction of sp³-hybridized carbons (Fsp3) is 0.250. The average molecular weight is 378 g/mol. The Morgan fingerprint density at radius 2 is 1.96 bits per heavy atom. The van der Waals surface area contributed by atoms with Crippen LogP contribution in [-0.4, -0.2) is 25.9 Å². The van der Waals surface area contributed by atoms with Crippen molar-refractivity contribution in [1.29, 1.82) is 0 Å². The second-order valence-corrected chi connectivity index (χ2v) is 6.41. The zero-order valence-corrected chi connectivity index (χ0v) is 15.8. The van der Waals surface area contributed by atoms with E-state index in [1.165, 1.54) is 6.07 Å². The highest BCUT2D eigenvalue weighted by Crippen LogP contribution is 2.21. The van der Waals surface area contributed by atoms with Crippen LogP contribution in [0.5, 0.6) is 0 Å². The molecule has 8 nitrogen and oxygen atoms in total. The second kappa shape index (κ2) is 8.90. The minimum atomic E-state index is -0.401. The summed E-state index contributed by atoms with van der Waals surface area (Å²) >= 11 is 0. The standard InChI is InChI=1S/C20H22N6O2/c1-3-14(2)23-20-24-18(17-9-4-5-10-21-17)12-19(25-20)22-13-15-7-6-8-16(11-15)26(27)28/h4-12,14H,3,13H2,1-2H3,(H2,22,23,24,25)/t14-/m0/s1. The number of nitrogens with one attached hydrogen (secondary N) is 2. The number of nitrogens with zero attached hydrogens (tertiary/aromatic N) is 4. The van der Waals surface area contributed by atoms with Gasteiger partial charge in [0.1, 0.15) is 5.82 Å². The molecule has 2 N–H and O–H groups in total. The molecule has 0 saturated carbocycles. The van der Waals surface area contributed by atoms with E-state index in [0.29, 0.717) is 24.0 Å². The Bertz CT molecular complexity index is 948. The first-order valence-electron chi connectivity index (χ1n) is 9.09. The highest BCUT2D eigenvalue weighted by Gasteiger charge is 2.10. The van der Waals surface area contributed by atoms with Gasteiger partial charge in [-0.1, -0.05) is 25.1 Å². The molecular weight excluding hydrogens is 356 g/mol. The Labute approximate surface area is 163 Å². The molecular formula is C20H22N6O2. The van der Waals surface area contributed by atoms with Crippen molar-refractivity contribution >= 4 is 17.5 Å². The quantitative estimate of drug-likeness (QED) is 0.445. The molecule has 0 aliphatic carbocycles. The van der Waals surface area contributed by atoms with Crippen LogP contribution in [0.3, 0.4) is 0 Å². The smallest absolute Gasteiger partial charge is 0.269 e. The van der Waals surface area contributed by atoms with Crippen molar-refractivity contribution in [2.45, 2.75) is 32.9 Å². The molecule has 0 unspecified atom stereocenters. The molecule has 3 rings (SSSR count). The lowest BCUT2D eigenvalue weighted by atomic mass is 10.2. The van der Waals surface area contributed by atoms with Crippen molar-refractivity contribution in [1.82, 2.24) is 15.0 Å². The maximum atomic E-state index is 11.0. The van der Waals surface area contributed by atoms with Gasteiger partial charge in [-0.3, -0.25) is 15.1 Å². The Kier molecular flexibility index (Phi) is 6.11. The minimum absolute atomic E-state index is 0.0651. The summed E-state index contributed by atoms with van der Waals surface area (Å²) < 4.78 is 0. The predicted octanol–water partition coefficient (Wildman–Crippen LogP) is 4.27. The molecule has 0 radical (unpaired) electrons. The molecule has 1 atom stereocenters. The summed E-state index contributed by atoms with van der Waals surface area (Å²) in [6.45, 7) is 4.55. The number of anilines is 2. The maximum absolute atomic E-state index is 11.0. The Hall–Kier alpha value is -3.55. The third kappa shape index (κ3) is 5.00. The van der Waals surface area contributed by atoms with E-state index in [2.05, 4.69) is 39.4 Å². The summed E-state index contributed by atoms with van der Waals surface area (Å²) in [5.74, 6) is 1.13.